The van der Waals surface area contributed by atoms with Gasteiger partial charge < -0.3 is 9.30 Å². The van der Waals surface area contributed by atoms with E-state index in [1.807, 2.05) is 0 Å². The van der Waals surface area contributed by atoms with Gasteiger partial charge in [0.1, 0.15) is 11.6 Å². The van der Waals surface area contributed by atoms with Crippen molar-refractivity contribution in [2.45, 2.75) is 19.2 Å². The summed E-state index contributed by atoms with van der Waals surface area (Å²) in [5, 5.41) is 0. The van der Waals surface area contributed by atoms with Gasteiger partial charge in [0.05, 0.1) is 22.6 Å². The number of nitrogens with zero attached hydrogens (tertiary/aromatic N) is 2. The monoisotopic (exact) mass is 454 g/mol. The molecule has 3 rings (SSSR count). The number of ether oxygens (including phenoxy) is 1. The lowest BCUT2D eigenvalue weighted by Gasteiger charge is -2.06. The molecular formula is C20H20F2N2O4S2. The lowest BCUT2D eigenvalue weighted by molar-refractivity contribution is -0.115. The average Bonchev–Trinajstić information content (AvgIpc) is 2.98. The molecule has 0 N–H and O–H groups in total. The van der Waals surface area contributed by atoms with Crippen LogP contribution in [-0.2, 0) is 31.7 Å². The molecule has 0 radical (unpaired) electrons. The highest BCUT2D eigenvalue weighted by molar-refractivity contribution is 7.91. The first-order valence-corrected chi connectivity index (χ1v) is 11.8. The maximum Gasteiger partial charge on any atom is 0.263 e. The van der Waals surface area contributed by atoms with Gasteiger partial charge in [-0.15, -0.1) is 0 Å². The standard InChI is InChI=1S/C20H20F2N2O4S2/c1-2-28-9-8-24-19-16(22)10-15(21)11-17(19)29-20(24)23-18(25)13-30(26,27)12-14-6-4-3-5-7-14/h3-7,10-11H,2,8-9,12-13H2,1H3. The summed E-state index contributed by atoms with van der Waals surface area (Å²) in [5.41, 5.74) is 0.663. The highest BCUT2D eigenvalue weighted by Gasteiger charge is 2.19. The number of hydrogen-bond donors (Lipinski definition) is 0. The molecule has 0 unspecified atom stereocenters. The lowest BCUT2D eigenvalue weighted by Crippen LogP contribution is -2.23. The number of amides is 1. The van der Waals surface area contributed by atoms with Gasteiger partial charge in [-0.1, -0.05) is 41.7 Å². The zero-order valence-corrected chi connectivity index (χ0v) is 17.8. The largest absolute Gasteiger partial charge is 0.380 e. The van der Waals surface area contributed by atoms with Crippen molar-refractivity contribution in [2.75, 3.05) is 19.0 Å². The summed E-state index contributed by atoms with van der Waals surface area (Å²) in [7, 11) is -3.74. The third-order valence-electron chi connectivity index (χ3n) is 4.15. The summed E-state index contributed by atoms with van der Waals surface area (Å²) in [5.74, 6) is -3.47. The number of halogens is 2. The number of hydrogen-bond acceptors (Lipinski definition) is 5. The number of aromatic nitrogens is 1. The summed E-state index contributed by atoms with van der Waals surface area (Å²) in [6.07, 6.45) is 0. The fourth-order valence-electron chi connectivity index (χ4n) is 2.93. The zero-order chi connectivity index (χ0) is 21.7. The number of rotatable bonds is 8. The Labute approximate surface area is 176 Å². The predicted molar refractivity (Wildman–Crippen MR) is 111 cm³/mol. The Morgan fingerprint density at radius 1 is 1.20 bits per heavy atom. The molecule has 0 spiro atoms. The van der Waals surface area contributed by atoms with Crippen LogP contribution in [0.1, 0.15) is 12.5 Å². The molecule has 3 aromatic rings. The van der Waals surface area contributed by atoms with Crippen LogP contribution in [0, 0.1) is 11.6 Å². The van der Waals surface area contributed by atoms with E-state index in [2.05, 4.69) is 4.99 Å². The van der Waals surface area contributed by atoms with Crippen LogP contribution in [-0.4, -0.2) is 37.9 Å². The van der Waals surface area contributed by atoms with E-state index in [-0.39, 0.29) is 33.9 Å². The summed E-state index contributed by atoms with van der Waals surface area (Å²) >= 11 is 0.914. The summed E-state index contributed by atoms with van der Waals surface area (Å²) < 4.78 is 59.6. The SMILES string of the molecule is CCOCCn1c(=NC(=O)CS(=O)(=O)Cc2ccccc2)sc2cc(F)cc(F)c21. The molecule has 0 bridgehead atoms. The number of benzene rings is 2. The Morgan fingerprint density at radius 2 is 1.93 bits per heavy atom. The predicted octanol–water partition coefficient (Wildman–Crippen LogP) is 3.06. The van der Waals surface area contributed by atoms with Crippen LogP contribution in [0.3, 0.4) is 0 Å². The summed E-state index contributed by atoms with van der Waals surface area (Å²) in [6.45, 7) is 2.66. The van der Waals surface area contributed by atoms with Crippen LogP contribution < -0.4 is 4.80 Å². The van der Waals surface area contributed by atoms with Gasteiger partial charge in [0, 0.05) is 19.2 Å². The molecule has 1 aromatic heterocycles. The molecule has 2 aromatic carbocycles. The van der Waals surface area contributed by atoms with Crippen molar-refractivity contribution in [3.63, 3.8) is 0 Å². The zero-order valence-electron chi connectivity index (χ0n) is 16.2. The third kappa shape index (κ3) is 5.59. The number of carbonyl (C=O) groups is 1. The van der Waals surface area contributed by atoms with Crippen molar-refractivity contribution in [3.05, 3.63) is 64.5 Å². The van der Waals surface area contributed by atoms with Crippen molar-refractivity contribution < 1.29 is 26.7 Å². The number of carbonyl (C=O) groups excluding carboxylic acids is 1. The minimum Gasteiger partial charge on any atom is -0.380 e. The fraction of sp³-hybridized carbons (Fsp3) is 0.300. The number of sulfone groups is 1. The molecular weight excluding hydrogens is 434 g/mol. The third-order valence-corrected chi connectivity index (χ3v) is 6.64. The molecule has 0 aliphatic carbocycles. The summed E-state index contributed by atoms with van der Waals surface area (Å²) in [6, 6.07) is 10.4. The smallest absolute Gasteiger partial charge is 0.263 e. The first kappa shape index (κ1) is 22.3. The van der Waals surface area contributed by atoms with E-state index >= 15 is 0 Å². The maximum absolute atomic E-state index is 14.4. The van der Waals surface area contributed by atoms with E-state index in [1.165, 1.54) is 4.57 Å². The van der Waals surface area contributed by atoms with Gasteiger partial charge >= 0.3 is 0 Å². The van der Waals surface area contributed by atoms with Crippen LogP contribution >= 0.6 is 11.3 Å². The molecule has 1 amide bonds. The topological polar surface area (TPSA) is 77.7 Å². The van der Waals surface area contributed by atoms with Crippen molar-refractivity contribution in [2.24, 2.45) is 4.99 Å². The van der Waals surface area contributed by atoms with Crippen LogP contribution in [0.2, 0.25) is 0 Å². The Hall–Kier alpha value is -2.43. The molecule has 30 heavy (non-hydrogen) atoms. The molecule has 0 saturated heterocycles. The average molecular weight is 455 g/mol. The second-order valence-corrected chi connectivity index (χ2v) is 9.56. The van der Waals surface area contributed by atoms with Crippen LogP contribution in [0.15, 0.2) is 47.5 Å². The van der Waals surface area contributed by atoms with E-state index < -0.39 is 33.1 Å². The maximum atomic E-state index is 14.4. The Balaban J connectivity index is 1.92. The van der Waals surface area contributed by atoms with Gasteiger partial charge in [-0.05, 0) is 18.6 Å². The van der Waals surface area contributed by atoms with Crippen LogP contribution in [0.4, 0.5) is 8.78 Å². The Bertz CT molecular complexity index is 1220. The molecule has 1 heterocycles. The number of fused-ring (bicyclic) bond motifs is 1. The van der Waals surface area contributed by atoms with Gasteiger partial charge in [0.15, 0.2) is 20.5 Å². The van der Waals surface area contributed by atoms with E-state index in [9.17, 15) is 22.0 Å². The van der Waals surface area contributed by atoms with Crippen molar-refractivity contribution in [1.82, 2.24) is 4.57 Å². The van der Waals surface area contributed by atoms with Crippen molar-refractivity contribution in [1.29, 1.82) is 0 Å². The second-order valence-electron chi connectivity index (χ2n) is 6.49. The van der Waals surface area contributed by atoms with E-state index in [4.69, 9.17) is 4.74 Å². The van der Waals surface area contributed by atoms with Gasteiger partial charge in [-0.3, -0.25) is 4.79 Å². The minimum atomic E-state index is -3.74. The lowest BCUT2D eigenvalue weighted by atomic mass is 10.2. The van der Waals surface area contributed by atoms with E-state index in [0.29, 0.717) is 12.2 Å². The molecule has 0 aliphatic rings. The van der Waals surface area contributed by atoms with Gasteiger partial charge in [-0.2, -0.15) is 4.99 Å². The van der Waals surface area contributed by atoms with E-state index in [0.717, 1.165) is 23.5 Å². The van der Waals surface area contributed by atoms with Crippen molar-refractivity contribution in [3.8, 4) is 0 Å². The molecule has 6 nitrogen and oxygen atoms in total. The highest BCUT2D eigenvalue weighted by Crippen LogP contribution is 2.22. The second kappa shape index (κ2) is 9.59. The fourth-order valence-corrected chi connectivity index (χ4v) is 5.28. The molecule has 0 atom stereocenters. The van der Waals surface area contributed by atoms with Crippen LogP contribution in [0.5, 0.6) is 0 Å². The van der Waals surface area contributed by atoms with Gasteiger partial charge in [0.2, 0.25) is 0 Å². The Morgan fingerprint density at radius 3 is 2.63 bits per heavy atom. The molecule has 10 heteroatoms. The molecule has 160 valence electrons. The first-order chi connectivity index (χ1) is 14.3. The van der Waals surface area contributed by atoms with Gasteiger partial charge in [-0.25, -0.2) is 17.2 Å². The quantitative estimate of drug-likeness (QED) is 0.490. The minimum absolute atomic E-state index is 0.0918. The summed E-state index contributed by atoms with van der Waals surface area (Å²) in [4.78, 5) is 16.4. The van der Waals surface area contributed by atoms with Crippen molar-refractivity contribution >= 4 is 37.3 Å². The molecule has 0 fully saturated rings. The molecule has 0 aliphatic heterocycles. The van der Waals surface area contributed by atoms with Crippen LogP contribution in [0.25, 0.3) is 10.2 Å². The Kier molecular flexibility index (Phi) is 7.11. The normalized spacial score (nSPS) is 12.6. The molecule has 0 saturated carbocycles. The highest BCUT2D eigenvalue weighted by atomic mass is 32.2. The number of thiazole rings is 1. The first-order valence-electron chi connectivity index (χ1n) is 9.17. The van der Waals surface area contributed by atoms with Gasteiger partial charge in [0.25, 0.3) is 5.91 Å². The van der Waals surface area contributed by atoms with E-state index in [1.54, 1.807) is 37.3 Å².